The maximum atomic E-state index is 13.2. The van der Waals surface area contributed by atoms with Crippen LogP contribution in [0.3, 0.4) is 0 Å². The molecule has 1 N–H and O–H groups in total. The fraction of sp³-hybridized carbons (Fsp3) is 0.115. The summed E-state index contributed by atoms with van der Waals surface area (Å²) in [6.07, 6.45) is 1.42. The van der Waals surface area contributed by atoms with E-state index in [4.69, 9.17) is 32.7 Å². The first-order valence-corrected chi connectivity index (χ1v) is 12.6. The van der Waals surface area contributed by atoms with Gasteiger partial charge >= 0.3 is 6.03 Å². The zero-order valence-electron chi connectivity index (χ0n) is 18.9. The second-order valence-electron chi connectivity index (χ2n) is 7.61. The number of hydrogen-bond acceptors (Lipinski definition) is 5. The number of carbonyl (C=O) groups excluding carboxylic acids is 3. The zero-order chi connectivity index (χ0) is 25.8. The van der Waals surface area contributed by atoms with E-state index in [2.05, 4.69) is 27.9 Å². The lowest BCUT2D eigenvalue weighted by atomic mass is 10.1. The molecule has 0 aliphatic carbocycles. The molecule has 4 rings (SSSR count). The molecular weight excluding hydrogens is 618 g/mol. The molecule has 0 spiro atoms. The summed E-state index contributed by atoms with van der Waals surface area (Å²) in [5.74, 6) is -0.542. The van der Waals surface area contributed by atoms with Crippen molar-refractivity contribution in [3.8, 4) is 11.5 Å². The lowest BCUT2D eigenvalue weighted by Crippen LogP contribution is -2.54. The van der Waals surface area contributed by atoms with Crippen molar-refractivity contribution in [3.05, 3.63) is 91.0 Å². The van der Waals surface area contributed by atoms with Crippen LogP contribution in [0.25, 0.3) is 6.08 Å². The van der Waals surface area contributed by atoms with Crippen LogP contribution in [0.5, 0.6) is 11.5 Å². The molecule has 1 aliphatic heterocycles. The van der Waals surface area contributed by atoms with E-state index in [-0.39, 0.29) is 11.3 Å². The Hall–Kier alpha value is -3.08. The Morgan fingerprint density at radius 2 is 1.58 bits per heavy atom. The van der Waals surface area contributed by atoms with Crippen molar-refractivity contribution in [2.75, 3.05) is 11.5 Å². The van der Waals surface area contributed by atoms with Gasteiger partial charge in [0.05, 0.1) is 15.9 Å². The number of nitrogens with zero attached hydrogens (tertiary/aromatic N) is 1. The molecule has 0 saturated carbocycles. The Morgan fingerprint density at radius 3 is 2.22 bits per heavy atom. The highest BCUT2D eigenvalue weighted by atomic mass is 127. The number of urea groups is 1. The summed E-state index contributed by atoms with van der Waals surface area (Å²) in [5, 5.41) is 3.30. The van der Waals surface area contributed by atoms with Crippen LogP contribution in [0.1, 0.15) is 18.1 Å². The van der Waals surface area contributed by atoms with Gasteiger partial charge in [-0.1, -0.05) is 35.3 Å². The normalized spacial score (nSPS) is 14.7. The number of carbonyl (C=O) groups is 3. The van der Waals surface area contributed by atoms with Crippen LogP contribution in [0.2, 0.25) is 10.0 Å². The van der Waals surface area contributed by atoms with Crippen molar-refractivity contribution in [1.82, 2.24) is 5.32 Å². The average molecular weight is 637 g/mol. The molecule has 4 amide bonds. The van der Waals surface area contributed by atoms with Crippen LogP contribution in [0.4, 0.5) is 10.5 Å². The number of barbiturate groups is 1. The van der Waals surface area contributed by atoms with Crippen LogP contribution in [0.15, 0.2) is 66.2 Å². The maximum absolute atomic E-state index is 13.2. The second kappa shape index (κ2) is 11.3. The maximum Gasteiger partial charge on any atom is 0.335 e. The van der Waals surface area contributed by atoms with Gasteiger partial charge in [0.2, 0.25) is 0 Å². The van der Waals surface area contributed by atoms with E-state index in [0.717, 1.165) is 10.5 Å². The first-order valence-electron chi connectivity index (χ1n) is 10.8. The van der Waals surface area contributed by atoms with Gasteiger partial charge in [-0.15, -0.1) is 0 Å². The van der Waals surface area contributed by atoms with Crippen molar-refractivity contribution in [2.24, 2.45) is 0 Å². The lowest BCUT2D eigenvalue weighted by molar-refractivity contribution is -0.122. The molecule has 0 atom stereocenters. The van der Waals surface area contributed by atoms with Gasteiger partial charge < -0.3 is 9.47 Å². The molecule has 3 aromatic rings. The third-order valence-corrected chi connectivity index (χ3v) is 6.43. The third-order valence-electron chi connectivity index (χ3n) is 5.13. The van der Waals surface area contributed by atoms with Gasteiger partial charge in [0.15, 0.2) is 11.5 Å². The molecule has 0 unspecified atom stereocenters. The van der Waals surface area contributed by atoms with Gasteiger partial charge in [0.1, 0.15) is 12.2 Å². The van der Waals surface area contributed by atoms with Crippen molar-refractivity contribution < 1.29 is 23.9 Å². The van der Waals surface area contributed by atoms with Crippen LogP contribution in [-0.2, 0) is 16.2 Å². The molecule has 1 aliphatic rings. The van der Waals surface area contributed by atoms with Gasteiger partial charge in [0.25, 0.3) is 11.8 Å². The number of nitrogens with one attached hydrogen (secondary N) is 1. The lowest BCUT2D eigenvalue weighted by Gasteiger charge is -2.26. The number of amides is 4. The molecule has 0 bridgehead atoms. The molecule has 1 fully saturated rings. The Labute approximate surface area is 231 Å². The molecule has 10 heteroatoms. The summed E-state index contributed by atoms with van der Waals surface area (Å²) in [6, 6.07) is 16.1. The Balaban J connectivity index is 1.65. The second-order valence-corrected chi connectivity index (χ2v) is 9.65. The molecule has 1 heterocycles. The minimum Gasteiger partial charge on any atom is -0.490 e. The number of hydrogen-bond donors (Lipinski definition) is 1. The van der Waals surface area contributed by atoms with Crippen molar-refractivity contribution in [1.29, 1.82) is 0 Å². The number of rotatable bonds is 7. The zero-order valence-corrected chi connectivity index (χ0v) is 22.6. The van der Waals surface area contributed by atoms with Crippen LogP contribution in [0, 0.1) is 3.57 Å². The van der Waals surface area contributed by atoms with E-state index < -0.39 is 17.8 Å². The summed E-state index contributed by atoms with van der Waals surface area (Å²) in [6.45, 7) is 2.52. The van der Waals surface area contributed by atoms with Gasteiger partial charge in [-0.05, 0) is 95.2 Å². The van der Waals surface area contributed by atoms with E-state index in [1.807, 2.05) is 19.1 Å². The molecule has 0 aromatic heterocycles. The Morgan fingerprint density at radius 1 is 0.944 bits per heavy atom. The predicted octanol–water partition coefficient (Wildman–Crippen LogP) is 6.24. The summed E-state index contributed by atoms with van der Waals surface area (Å²) in [7, 11) is 0. The monoisotopic (exact) mass is 636 g/mol. The standard InChI is InChI=1S/C26H19Cl2IN2O5/c1-2-35-22-13-16(12-21(29)23(22)36-14-15-3-5-17(27)6-4-15)11-20-24(32)30-26(34)31(25(20)33)19-9-7-18(28)8-10-19/h3-13H,2,14H2,1H3,(H,30,32,34)/b20-11+. The molecule has 7 nitrogen and oxygen atoms in total. The molecular formula is C26H19Cl2IN2O5. The van der Waals surface area contributed by atoms with E-state index in [1.165, 1.54) is 18.2 Å². The van der Waals surface area contributed by atoms with Crippen molar-refractivity contribution in [3.63, 3.8) is 0 Å². The highest BCUT2D eigenvalue weighted by Gasteiger charge is 2.36. The van der Waals surface area contributed by atoms with Crippen molar-refractivity contribution in [2.45, 2.75) is 13.5 Å². The van der Waals surface area contributed by atoms with E-state index in [1.54, 1.807) is 36.4 Å². The van der Waals surface area contributed by atoms with E-state index in [9.17, 15) is 14.4 Å². The highest BCUT2D eigenvalue weighted by Crippen LogP contribution is 2.36. The average Bonchev–Trinajstić information content (AvgIpc) is 2.83. The Kier molecular flexibility index (Phi) is 8.17. The largest absolute Gasteiger partial charge is 0.490 e. The van der Waals surface area contributed by atoms with E-state index >= 15 is 0 Å². The van der Waals surface area contributed by atoms with E-state index in [0.29, 0.717) is 43.9 Å². The van der Waals surface area contributed by atoms with Crippen LogP contribution < -0.4 is 19.7 Å². The summed E-state index contributed by atoms with van der Waals surface area (Å²) < 4.78 is 12.5. The fourth-order valence-corrected chi connectivity index (χ4v) is 4.49. The van der Waals surface area contributed by atoms with Gasteiger partial charge in [0, 0.05) is 10.0 Å². The SMILES string of the molecule is CCOc1cc(/C=C2\C(=O)NC(=O)N(c3ccc(Cl)cc3)C2=O)cc(I)c1OCc1ccc(Cl)cc1. The first kappa shape index (κ1) is 26.0. The number of ether oxygens (including phenoxy) is 2. The van der Waals surface area contributed by atoms with Crippen molar-refractivity contribution >= 4 is 75.4 Å². The summed E-state index contributed by atoms with van der Waals surface area (Å²) in [5.41, 5.74) is 1.55. The minimum absolute atomic E-state index is 0.197. The smallest absolute Gasteiger partial charge is 0.335 e. The number of benzene rings is 3. The third kappa shape index (κ3) is 5.83. The minimum atomic E-state index is -0.833. The summed E-state index contributed by atoms with van der Waals surface area (Å²) in [4.78, 5) is 39.0. The predicted molar refractivity (Wildman–Crippen MR) is 147 cm³/mol. The van der Waals surface area contributed by atoms with Gasteiger partial charge in [-0.3, -0.25) is 14.9 Å². The van der Waals surface area contributed by atoms with Crippen LogP contribution >= 0.6 is 45.8 Å². The highest BCUT2D eigenvalue weighted by molar-refractivity contribution is 14.1. The first-order chi connectivity index (χ1) is 17.3. The topological polar surface area (TPSA) is 84.9 Å². The fourth-order valence-electron chi connectivity index (χ4n) is 3.46. The number of halogens is 3. The molecule has 0 radical (unpaired) electrons. The van der Waals surface area contributed by atoms with Crippen LogP contribution in [-0.4, -0.2) is 24.5 Å². The molecule has 3 aromatic carbocycles. The molecule has 1 saturated heterocycles. The molecule has 184 valence electrons. The number of anilines is 1. The van der Waals surface area contributed by atoms with Gasteiger partial charge in [-0.2, -0.15) is 0 Å². The Bertz CT molecular complexity index is 1360. The number of imide groups is 2. The van der Waals surface area contributed by atoms with Gasteiger partial charge in [-0.25, -0.2) is 9.69 Å². The molecule has 36 heavy (non-hydrogen) atoms. The quantitative estimate of drug-likeness (QED) is 0.189. The summed E-state index contributed by atoms with van der Waals surface area (Å²) >= 11 is 14.0.